The molecule has 168 valence electrons. The van der Waals surface area contributed by atoms with Gasteiger partial charge in [0.2, 0.25) is 0 Å². The molecule has 0 aliphatic carbocycles. The Balaban J connectivity index is 1.67. The number of aryl methyl sites for hydroxylation is 1. The second-order valence-corrected chi connectivity index (χ2v) is 8.23. The topological polar surface area (TPSA) is 40.6 Å². The van der Waals surface area contributed by atoms with Gasteiger partial charge in [0.05, 0.1) is 5.57 Å². The molecule has 3 aromatic rings. The van der Waals surface area contributed by atoms with E-state index in [4.69, 9.17) is 0 Å². The highest BCUT2D eigenvalue weighted by molar-refractivity contribution is 6.35. The van der Waals surface area contributed by atoms with Crippen molar-refractivity contribution in [3.63, 3.8) is 0 Å². The molecule has 33 heavy (non-hydrogen) atoms. The third kappa shape index (κ3) is 4.87. The van der Waals surface area contributed by atoms with E-state index in [2.05, 4.69) is 0 Å². The van der Waals surface area contributed by atoms with Gasteiger partial charge in [-0.2, -0.15) is 0 Å². The Labute approximate surface area is 194 Å². The summed E-state index contributed by atoms with van der Waals surface area (Å²) in [6.45, 7) is 5.34. The molecule has 0 atom stereocenters. The molecule has 4 nitrogen and oxygen atoms in total. The number of nitrogens with zero attached hydrogens (tertiary/aromatic N) is 2. The Morgan fingerprint density at radius 3 is 2.12 bits per heavy atom. The van der Waals surface area contributed by atoms with Crippen LogP contribution in [0.25, 0.3) is 5.57 Å². The van der Waals surface area contributed by atoms with Gasteiger partial charge in [0.1, 0.15) is 11.5 Å². The van der Waals surface area contributed by atoms with Crippen molar-refractivity contribution in [2.45, 2.75) is 26.8 Å². The van der Waals surface area contributed by atoms with Gasteiger partial charge in [-0.25, -0.2) is 4.39 Å². The van der Waals surface area contributed by atoms with E-state index in [1.165, 1.54) is 17.0 Å². The van der Waals surface area contributed by atoms with Crippen molar-refractivity contribution in [3.05, 3.63) is 113 Å². The largest absolute Gasteiger partial charge is 0.362 e. The van der Waals surface area contributed by atoms with Crippen LogP contribution < -0.4 is 0 Å². The smallest absolute Gasteiger partial charge is 0.277 e. The Morgan fingerprint density at radius 2 is 1.48 bits per heavy atom. The maximum absolute atomic E-state index is 13.6. The molecule has 0 fully saturated rings. The lowest BCUT2D eigenvalue weighted by Crippen LogP contribution is -2.36. The maximum Gasteiger partial charge on any atom is 0.277 e. The number of hydrogen-bond acceptors (Lipinski definition) is 3. The lowest BCUT2D eigenvalue weighted by molar-refractivity contribution is -0.137. The van der Waals surface area contributed by atoms with Crippen LogP contribution in [0.3, 0.4) is 0 Å². The van der Waals surface area contributed by atoms with E-state index in [1.54, 1.807) is 12.1 Å². The molecule has 0 saturated carbocycles. The highest BCUT2D eigenvalue weighted by Gasteiger charge is 2.41. The van der Waals surface area contributed by atoms with Crippen molar-refractivity contribution < 1.29 is 14.0 Å². The summed E-state index contributed by atoms with van der Waals surface area (Å²) >= 11 is 0. The molecular weight excluding hydrogens is 415 g/mol. The maximum atomic E-state index is 13.6. The van der Waals surface area contributed by atoms with Crippen molar-refractivity contribution >= 4 is 17.4 Å². The molecule has 0 N–H and O–H groups in total. The van der Waals surface area contributed by atoms with Crippen LogP contribution in [0.5, 0.6) is 0 Å². The average molecular weight is 443 g/mol. The molecule has 1 aliphatic rings. The van der Waals surface area contributed by atoms with Crippen LogP contribution in [-0.4, -0.2) is 34.7 Å². The van der Waals surface area contributed by atoms with Crippen molar-refractivity contribution in [2.24, 2.45) is 0 Å². The Kier molecular flexibility index (Phi) is 6.68. The first-order chi connectivity index (χ1) is 16.0. The van der Waals surface area contributed by atoms with Gasteiger partial charge in [0.15, 0.2) is 0 Å². The summed E-state index contributed by atoms with van der Waals surface area (Å²) in [7, 11) is 0. The fourth-order valence-corrected chi connectivity index (χ4v) is 4.08. The molecule has 0 saturated heterocycles. The molecule has 0 radical (unpaired) electrons. The van der Waals surface area contributed by atoms with Gasteiger partial charge >= 0.3 is 0 Å². The molecule has 0 spiro atoms. The number of benzene rings is 3. The molecule has 1 aliphatic heterocycles. The predicted octanol–water partition coefficient (Wildman–Crippen LogP) is 4.98. The van der Waals surface area contributed by atoms with Crippen LogP contribution in [-0.2, 0) is 22.6 Å². The first-order valence-electron chi connectivity index (χ1n) is 11.2. The third-order valence-corrected chi connectivity index (χ3v) is 5.94. The van der Waals surface area contributed by atoms with Crippen LogP contribution >= 0.6 is 0 Å². The number of amides is 2. The number of carbonyl (C=O) groups is 2. The summed E-state index contributed by atoms with van der Waals surface area (Å²) in [5, 5.41) is 0. The summed E-state index contributed by atoms with van der Waals surface area (Å²) in [4.78, 5) is 30.4. The lowest BCUT2D eigenvalue weighted by atomic mass is 10.0. The summed E-state index contributed by atoms with van der Waals surface area (Å²) in [5.74, 6) is -0.875. The van der Waals surface area contributed by atoms with Crippen LogP contribution in [0.1, 0.15) is 29.2 Å². The average Bonchev–Trinajstić information content (AvgIpc) is 3.08. The molecule has 5 heteroatoms. The summed E-state index contributed by atoms with van der Waals surface area (Å²) in [6.07, 6.45) is 0.469. The van der Waals surface area contributed by atoms with Gasteiger partial charge in [-0.1, -0.05) is 72.3 Å². The Bertz CT molecular complexity index is 1170. The summed E-state index contributed by atoms with van der Waals surface area (Å²) in [6, 6.07) is 23.8. The monoisotopic (exact) mass is 442 g/mol. The fraction of sp³-hybridized carbons (Fsp3) is 0.214. The molecule has 2 amide bonds. The molecule has 3 aromatic carbocycles. The number of carbonyl (C=O) groups excluding carboxylic acids is 2. The van der Waals surface area contributed by atoms with E-state index < -0.39 is 0 Å². The lowest BCUT2D eigenvalue weighted by Gasteiger charge is -2.25. The number of rotatable bonds is 8. The zero-order valence-electron chi connectivity index (χ0n) is 18.9. The molecule has 1 heterocycles. The van der Waals surface area contributed by atoms with Crippen molar-refractivity contribution in [1.82, 2.24) is 9.80 Å². The Hall–Kier alpha value is -3.73. The van der Waals surface area contributed by atoms with Crippen LogP contribution in [0.4, 0.5) is 4.39 Å². The zero-order chi connectivity index (χ0) is 23.4. The number of likely N-dealkylation sites (N-methyl/N-ethyl adjacent to an activating group) is 1. The van der Waals surface area contributed by atoms with Gasteiger partial charge in [0, 0.05) is 19.6 Å². The van der Waals surface area contributed by atoms with E-state index in [0.717, 1.165) is 22.3 Å². The first kappa shape index (κ1) is 22.5. The van der Waals surface area contributed by atoms with Crippen molar-refractivity contribution in [1.29, 1.82) is 0 Å². The van der Waals surface area contributed by atoms with Gasteiger partial charge in [-0.3, -0.25) is 14.5 Å². The Morgan fingerprint density at radius 1 is 0.818 bits per heavy atom. The zero-order valence-corrected chi connectivity index (χ0v) is 18.9. The first-order valence-corrected chi connectivity index (χ1v) is 11.2. The normalized spacial score (nSPS) is 13.7. The minimum absolute atomic E-state index is 0.241. The highest BCUT2D eigenvalue weighted by atomic mass is 19.1. The third-order valence-electron chi connectivity index (χ3n) is 5.94. The number of halogens is 1. The van der Waals surface area contributed by atoms with E-state index in [1.807, 2.05) is 73.3 Å². The predicted molar refractivity (Wildman–Crippen MR) is 127 cm³/mol. The highest BCUT2D eigenvalue weighted by Crippen LogP contribution is 2.32. The molecule has 4 rings (SSSR count). The van der Waals surface area contributed by atoms with Gasteiger partial charge in [-0.05, 0) is 49.1 Å². The van der Waals surface area contributed by atoms with E-state index in [-0.39, 0.29) is 24.2 Å². The van der Waals surface area contributed by atoms with E-state index in [0.29, 0.717) is 30.8 Å². The minimum Gasteiger partial charge on any atom is -0.362 e. The van der Waals surface area contributed by atoms with Crippen molar-refractivity contribution in [3.8, 4) is 0 Å². The van der Waals surface area contributed by atoms with Crippen molar-refractivity contribution in [2.75, 3.05) is 13.1 Å². The van der Waals surface area contributed by atoms with E-state index in [9.17, 15) is 14.0 Å². The quantitative estimate of drug-likeness (QED) is 0.462. The SMILES string of the molecule is CCN(Cc1ccccc1)C1=C(c2ccc(C)cc2)C(=O)N(CCc2ccc(F)cc2)C1=O. The molecule has 0 aromatic heterocycles. The summed E-state index contributed by atoms with van der Waals surface area (Å²) in [5.41, 5.74) is 4.65. The standard InChI is InChI=1S/C28H27FN2O2/c1-3-30(19-22-7-5-4-6-8-22)26-25(23-13-9-20(2)10-14-23)27(32)31(28(26)33)18-17-21-11-15-24(29)16-12-21/h4-16H,3,17-19H2,1-2H3. The second kappa shape index (κ2) is 9.82. The van der Waals surface area contributed by atoms with Gasteiger partial charge in [0.25, 0.3) is 11.8 Å². The van der Waals surface area contributed by atoms with Crippen LogP contribution in [0.2, 0.25) is 0 Å². The molecule has 0 bridgehead atoms. The van der Waals surface area contributed by atoms with E-state index >= 15 is 0 Å². The molecule has 0 unspecified atom stereocenters. The van der Waals surface area contributed by atoms with Gasteiger partial charge < -0.3 is 4.90 Å². The number of hydrogen-bond donors (Lipinski definition) is 0. The molecular formula is C28H27FN2O2. The van der Waals surface area contributed by atoms with Crippen LogP contribution in [0, 0.1) is 12.7 Å². The van der Waals surface area contributed by atoms with Crippen LogP contribution in [0.15, 0.2) is 84.6 Å². The fourth-order valence-electron chi connectivity index (χ4n) is 4.08. The second-order valence-electron chi connectivity index (χ2n) is 8.23. The summed E-state index contributed by atoms with van der Waals surface area (Å²) < 4.78 is 13.2. The van der Waals surface area contributed by atoms with Gasteiger partial charge in [-0.15, -0.1) is 0 Å². The number of imide groups is 1. The minimum atomic E-state index is -0.308.